The van der Waals surface area contributed by atoms with Crippen molar-refractivity contribution in [2.75, 3.05) is 6.54 Å². The van der Waals surface area contributed by atoms with E-state index in [1.54, 1.807) is 0 Å². The average molecular weight is 141 g/mol. The molecule has 0 amide bonds. The van der Waals surface area contributed by atoms with Crippen molar-refractivity contribution in [1.29, 1.82) is 0 Å². The summed E-state index contributed by atoms with van der Waals surface area (Å²) in [5.41, 5.74) is 6.94. The van der Waals surface area contributed by atoms with Gasteiger partial charge in [0.2, 0.25) is 0 Å². The van der Waals surface area contributed by atoms with Crippen LogP contribution in [0.25, 0.3) is 0 Å². The highest BCUT2D eigenvalue weighted by atomic mass is 14.5. The molecule has 0 aliphatic heterocycles. The van der Waals surface area contributed by atoms with Gasteiger partial charge in [-0.3, -0.25) is 0 Å². The first-order valence-corrected chi connectivity index (χ1v) is 4.08. The van der Waals surface area contributed by atoms with Crippen LogP contribution < -0.4 is 5.73 Å². The number of hydrogen-bond donors (Lipinski definition) is 1. The quantitative estimate of drug-likeness (QED) is 0.597. The van der Waals surface area contributed by atoms with Crippen molar-refractivity contribution in [3.8, 4) is 0 Å². The molecule has 0 rings (SSSR count). The Kier molecular flexibility index (Phi) is 5.32. The van der Waals surface area contributed by atoms with E-state index in [1.807, 2.05) is 0 Å². The van der Waals surface area contributed by atoms with E-state index in [2.05, 4.69) is 26.8 Å². The third-order valence-corrected chi connectivity index (χ3v) is 1.59. The van der Waals surface area contributed by atoms with E-state index in [0.717, 1.165) is 6.54 Å². The van der Waals surface area contributed by atoms with Gasteiger partial charge in [-0.1, -0.05) is 31.9 Å². The van der Waals surface area contributed by atoms with Gasteiger partial charge in [0, 0.05) is 0 Å². The molecule has 2 N–H and O–H groups in total. The first-order valence-electron chi connectivity index (χ1n) is 4.08. The second kappa shape index (κ2) is 5.48. The summed E-state index contributed by atoms with van der Waals surface area (Å²) in [7, 11) is 0. The van der Waals surface area contributed by atoms with Crippen molar-refractivity contribution >= 4 is 0 Å². The van der Waals surface area contributed by atoms with Gasteiger partial charge in [0.15, 0.2) is 0 Å². The van der Waals surface area contributed by atoms with Gasteiger partial charge in [0.05, 0.1) is 0 Å². The summed E-state index contributed by atoms with van der Waals surface area (Å²) in [6.07, 6.45) is 4.72. The SMILES string of the molecule is CCC/C(C)=C\C(C)CN. The van der Waals surface area contributed by atoms with Crippen LogP contribution in [0.4, 0.5) is 0 Å². The molecule has 0 saturated heterocycles. The van der Waals surface area contributed by atoms with Gasteiger partial charge >= 0.3 is 0 Å². The van der Waals surface area contributed by atoms with Crippen molar-refractivity contribution in [1.82, 2.24) is 0 Å². The molecule has 0 aliphatic carbocycles. The fourth-order valence-electron chi connectivity index (χ4n) is 1.03. The standard InChI is InChI=1S/C9H19N/c1-4-5-8(2)6-9(3)7-10/h6,9H,4-5,7,10H2,1-3H3/b8-6-. The minimum absolute atomic E-state index is 0.548. The van der Waals surface area contributed by atoms with Crippen LogP contribution in [0.1, 0.15) is 33.6 Å². The maximum absolute atomic E-state index is 5.47. The minimum atomic E-state index is 0.548. The number of nitrogens with two attached hydrogens (primary N) is 1. The molecule has 0 radical (unpaired) electrons. The molecule has 0 aromatic carbocycles. The minimum Gasteiger partial charge on any atom is -0.330 e. The molecule has 0 fully saturated rings. The van der Waals surface area contributed by atoms with Gasteiger partial charge in [0.25, 0.3) is 0 Å². The molecule has 0 aliphatic rings. The van der Waals surface area contributed by atoms with E-state index in [4.69, 9.17) is 5.73 Å². The van der Waals surface area contributed by atoms with E-state index in [-0.39, 0.29) is 0 Å². The van der Waals surface area contributed by atoms with Crippen molar-refractivity contribution in [3.05, 3.63) is 11.6 Å². The summed E-state index contributed by atoms with van der Waals surface area (Å²) in [6, 6.07) is 0. The molecule has 10 heavy (non-hydrogen) atoms. The summed E-state index contributed by atoms with van der Waals surface area (Å²) in [5.74, 6) is 0.548. The van der Waals surface area contributed by atoms with Gasteiger partial charge in [-0.05, 0) is 25.8 Å². The van der Waals surface area contributed by atoms with Crippen LogP contribution >= 0.6 is 0 Å². The number of hydrogen-bond acceptors (Lipinski definition) is 1. The normalized spacial score (nSPS) is 15.4. The molecule has 1 heteroatoms. The van der Waals surface area contributed by atoms with Crippen LogP contribution in [0.5, 0.6) is 0 Å². The molecular formula is C9H19N. The van der Waals surface area contributed by atoms with Crippen LogP contribution in [0.15, 0.2) is 11.6 Å². The van der Waals surface area contributed by atoms with E-state index < -0.39 is 0 Å². The zero-order valence-corrected chi connectivity index (χ0v) is 7.35. The first kappa shape index (κ1) is 9.70. The zero-order chi connectivity index (χ0) is 7.98. The zero-order valence-electron chi connectivity index (χ0n) is 7.35. The Hall–Kier alpha value is -0.300. The van der Waals surface area contributed by atoms with Crippen LogP contribution in [0.3, 0.4) is 0 Å². The molecule has 60 valence electrons. The van der Waals surface area contributed by atoms with Gasteiger partial charge < -0.3 is 5.73 Å². The van der Waals surface area contributed by atoms with Crippen LogP contribution in [0, 0.1) is 5.92 Å². The van der Waals surface area contributed by atoms with Gasteiger partial charge in [-0.2, -0.15) is 0 Å². The monoisotopic (exact) mass is 141 g/mol. The third kappa shape index (κ3) is 4.57. The maximum Gasteiger partial charge on any atom is -0.00167 e. The first-order chi connectivity index (χ1) is 4.70. The van der Waals surface area contributed by atoms with Crippen LogP contribution in [0.2, 0.25) is 0 Å². The van der Waals surface area contributed by atoms with Crippen LogP contribution in [-0.2, 0) is 0 Å². The molecule has 1 unspecified atom stereocenters. The summed E-state index contributed by atoms with van der Waals surface area (Å²) in [6.45, 7) is 7.29. The Morgan fingerprint density at radius 1 is 1.60 bits per heavy atom. The fourth-order valence-corrected chi connectivity index (χ4v) is 1.03. The van der Waals surface area contributed by atoms with E-state index in [1.165, 1.54) is 18.4 Å². The van der Waals surface area contributed by atoms with E-state index in [9.17, 15) is 0 Å². The molecule has 1 atom stereocenters. The molecule has 0 saturated carbocycles. The lowest BCUT2D eigenvalue weighted by molar-refractivity contribution is 0.725. The molecular weight excluding hydrogens is 122 g/mol. The highest BCUT2D eigenvalue weighted by Gasteiger charge is 1.93. The summed E-state index contributed by atoms with van der Waals surface area (Å²) in [4.78, 5) is 0. The predicted molar refractivity (Wildman–Crippen MR) is 46.9 cm³/mol. The van der Waals surface area contributed by atoms with Gasteiger partial charge in [0.1, 0.15) is 0 Å². The Balaban J connectivity index is 3.65. The number of rotatable bonds is 4. The third-order valence-electron chi connectivity index (χ3n) is 1.59. The lowest BCUT2D eigenvalue weighted by Crippen LogP contribution is -2.08. The van der Waals surface area contributed by atoms with Gasteiger partial charge in [-0.15, -0.1) is 0 Å². The van der Waals surface area contributed by atoms with Crippen molar-refractivity contribution in [2.45, 2.75) is 33.6 Å². The van der Waals surface area contributed by atoms with Crippen LogP contribution in [-0.4, -0.2) is 6.54 Å². The molecule has 1 nitrogen and oxygen atoms in total. The maximum atomic E-state index is 5.47. The Morgan fingerprint density at radius 3 is 2.60 bits per heavy atom. The molecule has 0 aromatic rings. The summed E-state index contributed by atoms with van der Waals surface area (Å²) < 4.78 is 0. The smallest absolute Gasteiger partial charge is 0.00167 e. The van der Waals surface area contributed by atoms with Crippen molar-refractivity contribution in [2.24, 2.45) is 11.7 Å². The number of allylic oxidation sites excluding steroid dienone is 1. The topological polar surface area (TPSA) is 26.0 Å². The molecule has 0 bridgehead atoms. The Bertz CT molecular complexity index is 105. The van der Waals surface area contributed by atoms with Crippen molar-refractivity contribution < 1.29 is 0 Å². The van der Waals surface area contributed by atoms with Gasteiger partial charge in [-0.25, -0.2) is 0 Å². The molecule has 0 aromatic heterocycles. The van der Waals surface area contributed by atoms with E-state index >= 15 is 0 Å². The average Bonchev–Trinajstić information content (AvgIpc) is 1.88. The highest BCUT2D eigenvalue weighted by Crippen LogP contribution is 2.06. The second-order valence-electron chi connectivity index (χ2n) is 2.98. The predicted octanol–water partition coefficient (Wildman–Crippen LogP) is 2.33. The summed E-state index contributed by atoms with van der Waals surface area (Å²) >= 11 is 0. The summed E-state index contributed by atoms with van der Waals surface area (Å²) in [5, 5.41) is 0. The highest BCUT2D eigenvalue weighted by molar-refractivity contribution is 5.00. The van der Waals surface area contributed by atoms with Crippen molar-refractivity contribution in [3.63, 3.8) is 0 Å². The largest absolute Gasteiger partial charge is 0.330 e. The van der Waals surface area contributed by atoms with E-state index in [0.29, 0.717) is 5.92 Å². The lowest BCUT2D eigenvalue weighted by Gasteiger charge is -2.03. The Morgan fingerprint density at radius 2 is 2.20 bits per heavy atom. The molecule has 0 spiro atoms. The Labute approximate surface area is 64.3 Å². The molecule has 0 heterocycles. The fraction of sp³-hybridized carbons (Fsp3) is 0.778. The second-order valence-corrected chi connectivity index (χ2v) is 2.98. The lowest BCUT2D eigenvalue weighted by atomic mass is 10.1.